The third-order valence-corrected chi connectivity index (χ3v) is 59.6. The molecule has 8 aromatic rings. The van der Waals surface area contributed by atoms with E-state index in [1.165, 1.54) is 24.3 Å². The second kappa shape index (κ2) is 15.1. The standard InChI is InChI=1S/2C25H16F3O.C2H6Si.2ClH.Zr/c2*1-15-6-7-17-12-19(24-21-5-3-2-4-18(21)14-29-24)13-22(17)23(15)16-8-10-20(11-9-16)25(26,27)28;1-3-2;;;/h2*2-14H,1H3;1-2H3;2*1H;/q;;;;;+2/p-2. The minimum absolute atomic E-state index is 0.594. The number of allylic oxidation sites excluding steroid dienone is 2. The van der Waals surface area contributed by atoms with E-state index in [2.05, 4.69) is 37.4 Å². The molecule has 2 heterocycles. The first-order chi connectivity index (χ1) is 30.4. The van der Waals surface area contributed by atoms with Crippen LogP contribution in [-0.2, 0) is 27.4 Å². The van der Waals surface area contributed by atoms with Crippen molar-refractivity contribution in [2.45, 2.75) is 46.5 Å². The first-order valence-electron chi connectivity index (χ1n) is 20.7. The molecule has 6 aromatic carbocycles. The van der Waals surface area contributed by atoms with Gasteiger partial charge in [0, 0.05) is 0 Å². The van der Waals surface area contributed by atoms with Crippen molar-refractivity contribution in [2.75, 3.05) is 0 Å². The van der Waals surface area contributed by atoms with E-state index >= 15 is 0 Å². The summed E-state index contributed by atoms with van der Waals surface area (Å²) in [5.41, 5.74) is 6.20. The van der Waals surface area contributed by atoms with Crippen molar-refractivity contribution in [3.05, 3.63) is 190 Å². The van der Waals surface area contributed by atoms with Crippen molar-refractivity contribution in [3.63, 3.8) is 0 Å². The zero-order chi connectivity index (χ0) is 45.1. The van der Waals surface area contributed by atoms with Crippen LogP contribution in [0.5, 0.6) is 0 Å². The summed E-state index contributed by atoms with van der Waals surface area (Å²) in [5.74, 6) is 1.22. The number of aryl methyl sites for hydroxylation is 2. The number of rotatable bonds is 6. The van der Waals surface area contributed by atoms with E-state index in [0.717, 1.165) is 101 Å². The molecule has 0 bridgehead atoms. The van der Waals surface area contributed by atoms with Crippen LogP contribution in [0.4, 0.5) is 26.3 Å². The summed E-state index contributed by atoms with van der Waals surface area (Å²) in [6, 6.07) is 34.3. The summed E-state index contributed by atoms with van der Waals surface area (Å²) in [5, 5.41) is 3.50. The zero-order valence-corrected chi connectivity index (χ0v) is 39.8. The van der Waals surface area contributed by atoms with Crippen LogP contribution in [0.2, 0.25) is 13.1 Å². The zero-order valence-electron chi connectivity index (χ0n) is 34.9. The minimum atomic E-state index is -5.88. The van der Waals surface area contributed by atoms with Crippen molar-refractivity contribution in [2.24, 2.45) is 0 Å². The Morgan fingerprint density at radius 2 is 0.891 bits per heavy atom. The number of benzene rings is 6. The molecule has 0 aliphatic heterocycles. The van der Waals surface area contributed by atoms with Crippen LogP contribution >= 0.6 is 17.0 Å². The maximum atomic E-state index is 13.8. The van der Waals surface area contributed by atoms with Crippen molar-refractivity contribution in [1.82, 2.24) is 0 Å². The Labute approximate surface area is 373 Å². The maximum absolute atomic E-state index is 13.8. The van der Waals surface area contributed by atoms with Crippen LogP contribution in [-0.4, -0.2) is 5.43 Å². The summed E-state index contributed by atoms with van der Waals surface area (Å²) in [6.45, 7) is 8.22. The van der Waals surface area contributed by atoms with E-state index in [0.29, 0.717) is 22.6 Å². The summed E-state index contributed by atoms with van der Waals surface area (Å²) in [6.07, 6.45) is -1.41. The van der Waals surface area contributed by atoms with E-state index in [-0.39, 0.29) is 0 Å². The van der Waals surface area contributed by atoms with Crippen molar-refractivity contribution in [3.8, 4) is 22.3 Å². The molecule has 10 rings (SSSR count). The van der Waals surface area contributed by atoms with Gasteiger partial charge < -0.3 is 0 Å². The number of hydrogen-bond donors (Lipinski definition) is 0. The summed E-state index contributed by atoms with van der Waals surface area (Å²) in [4.78, 5) is 0. The molecule has 0 saturated carbocycles. The van der Waals surface area contributed by atoms with Gasteiger partial charge in [0.2, 0.25) is 0 Å². The van der Waals surface area contributed by atoms with Gasteiger partial charge in [-0.1, -0.05) is 0 Å². The average molecular weight is 999 g/mol. The fourth-order valence-corrected chi connectivity index (χ4v) is 37.9. The first-order valence-corrected chi connectivity index (χ1v) is 36.1. The van der Waals surface area contributed by atoms with Gasteiger partial charge in [-0.2, -0.15) is 0 Å². The van der Waals surface area contributed by atoms with E-state index < -0.39 is 51.2 Å². The van der Waals surface area contributed by atoms with E-state index in [9.17, 15) is 26.3 Å². The van der Waals surface area contributed by atoms with Crippen LogP contribution < -0.4 is 0 Å². The first kappa shape index (κ1) is 43.1. The van der Waals surface area contributed by atoms with Crippen molar-refractivity contribution in [1.29, 1.82) is 0 Å². The van der Waals surface area contributed by atoms with Crippen LogP contribution in [0.15, 0.2) is 143 Å². The topological polar surface area (TPSA) is 26.3 Å². The quantitative estimate of drug-likeness (QED) is 0.123. The number of fused-ring (bicyclic) bond motifs is 4. The van der Waals surface area contributed by atoms with Crippen LogP contribution in [0.1, 0.15) is 63.3 Å². The van der Waals surface area contributed by atoms with E-state index in [1.54, 1.807) is 12.5 Å². The van der Waals surface area contributed by atoms with Gasteiger partial charge in [-0.05, 0) is 0 Å². The molecule has 322 valence electrons. The summed E-state index contributed by atoms with van der Waals surface area (Å²) < 4.78 is 94.9. The van der Waals surface area contributed by atoms with Gasteiger partial charge >= 0.3 is 376 Å². The Balaban J connectivity index is 1.28. The number of hydrogen-bond acceptors (Lipinski definition) is 2. The van der Waals surface area contributed by atoms with Crippen LogP contribution in [0, 0.1) is 13.8 Å². The third-order valence-electron chi connectivity index (χ3n) is 13.4. The fraction of sp³-hybridized carbons (Fsp3) is 0.154. The Hall–Kier alpha value is -4.86. The predicted molar refractivity (Wildman–Crippen MR) is 246 cm³/mol. The number of furan rings is 2. The molecule has 0 N–H and O–H groups in total. The summed E-state index contributed by atoms with van der Waals surface area (Å²) in [7, 11) is 17.9. The molecular weight excluding hydrogens is 961 g/mol. The fourth-order valence-electron chi connectivity index (χ4n) is 10.2. The van der Waals surface area contributed by atoms with Gasteiger partial charge in [0.15, 0.2) is 0 Å². The van der Waals surface area contributed by atoms with Gasteiger partial charge in [-0.15, -0.1) is 0 Å². The number of halogens is 8. The van der Waals surface area contributed by atoms with Crippen molar-refractivity contribution < 1.29 is 50.2 Å². The van der Waals surface area contributed by atoms with E-state index in [4.69, 9.17) is 25.9 Å². The molecule has 2 aromatic heterocycles. The van der Waals surface area contributed by atoms with Crippen molar-refractivity contribution >= 4 is 67.3 Å². The molecule has 64 heavy (non-hydrogen) atoms. The van der Waals surface area contributed by atoms with Crippen LogP contribution in [0.25, 0.3) is 67.1 Å². The predicted octanol–water partition coefficient (Wildman–Crippen LogP) is 17.3. The molecule has 0 amide bonds. The number of alkyl halides is 6. The normalized spacial score (nSPS) is 16.6. The Bertz CT molecular complexity index is 3150. The molecule has 0 fully saturated rings. The molecular formula is C52H38Cl2F6O2SiZr. The second-order valence-electron chi connectivity index (χ2n) is 17.2. The molecule has 0 saturated heterocycles. The molecule has 2 aliphatic carbocycles. The van der Waals surface area contributed by atoms with Crippen LogP contribution in [0.3, 0.4) is 0 Å². The molecule has 2 aliphatic rings. The monoisotopic (exact) mass is 996 g/mol. The SMILES string of the molecule is Cc1ccc2c(c1-c1ccc(C(F)(F)F)cc1)C=C(c1occ3ccccc13)[CH]2[Zr]([Cl])([Cl])([CH]1C(c2occ3ccccc23)=Cc2c1ccc(C)c2-c1ccc(C(F)(F)F)cc1)=[Si](C)C. The Morgan fingerprint density at radius 3 is 1.25 bits per heavy atom. The van der Waals surface area contributed by atoms with Gasteiger partial charge in [0.1, 0.15) is 0 Å². The van der Waals surface area contributed by atoms with E-state index in [1.807, 2.05) is 74.5 Å². The van der Waals surface area contributed by atoms with Gasteiger partial charge in [0.25, 0.3) is 0 Å². The average Bonchev–Trinajstić information content (AvgIpc) is 4.06. The molecule has 2 atom stereocenters. The molecule has 0 radical (unpaired) electrons. The molecule has 2 nitrogen and oxygen atoms in total. The molecule has 12 heteroatoms. The van der Waals surface area contributed by atoms with Gasteiger partial charge in [0.05, 0.1) is 0 Å². The molecule has 0 spiro atoms. The van der Waals surface area contributed by atoms with Gasteiger partial charge in [-0.25, -0.2) is 0 Å². The Kier molecular flexibility index (Phi) is 10.2. The molecule has 2 unspecified atom stereocenters. The Morgan fingerprint density at radius 1 is 0.516 bits per heavy atom. The summed E-state index contributed by atoms with van der Waals surface area (Å²) >= 11 is -5.88. The van der Waals surface area contributed by atoms with Gasteiger partial charge in [-0.3, -0.25) is 0 Å². The third kappa shape index (κ3) is 6.60. The second-order valence-corrected chi connectivity index (χ2v) is 56.0.